The van der Waals surface area contributed by atoms with Crippen LogP contribution in [-0.4, -0.2) is 49.5 Å². The van der Waals surface area contributed by atoms with Gasteiger partial charge in [0.2, 0.25) is 0 Å². The lowest BCUT2D eigenvalue weighted by atomic mass is 9.97. The second-order valence-electron chi connectivity index (χ2n) is 5.79. The van der Waals surface area contributed by atoms with E-state index in [0.29, 0.717) is 24.5 Å². The number of aromatic amines is 1. The monoisotopic (exact) mass is 458 g/mol. The van der Waals surface area contributed by atoms with Crippen molar-refractivity contribution < 1.29 is 32.5 Å². The van der Waals surface area contributed by atoms with Gasteiger partial charge in [-0.05, 0) is 12.5 Å². The van der Waals surface area contributed by atoms with E-state index >= 15 is 0 Å². The van der Waals surface area contributed by atoms with Gasteiger partial charge in [0.15, 0.2) is 24.1 Å². The summed E-state index contributed by atoms with van der Waals surface area (Å²) < 4.78 is 39.5. The van der Waals surface area contributed by atoms with Crippen molar-refractivity contribution in [3.05, 3.63) is 50.9 Å². The first kappa shape index (κ1) is 24.5. The summed E-state index contributed by atoms with van der Waals surface area (Å²) in [5, 5.41) is 8.60. The maximum absolute atomic E-state index is 13.0. The highest BCUT2D eigenvalue weighted by molar-refractivity contribution is 7.71. The number of H-pyrrole nitrogens is 1. The van der Waals surface area contributed by atoms with E-state index in [9.17, 15) is 9.18 Å². The Bertz CT molecular complexity index is 931. The Kier molecular flexibility index (Phi) is 9.90. The molecule has 1 aromatic heterocycles. The fraction of sp³-hybridized carbons (Fsp3) is 0.412. The summed E-state index contributed by atoms with van der Waals surface area (Å²) in [6.07, 6.45) is 1.48. The number of aliphatic hydroxyl groups is 1. The lowest BCUT2D eigenvalue weighted by Crippen LogP contribution is -2.25. The van der Waals surface area contributed by atoms with Crippen LogP contribution in [0, 0.1) is 10.5 Å². The van der Waals surface area contributed by atoms with Crippen LogP contribution in [0.25, 0.3) is 0 Å². The van der Waals surface area contributed by atoms with E-state index in [1.165, 1.54) is 11.7 Å². The van der Waals surface area contributed by atoms with Crippen molar-refractivity contribution in [3.8, 4) is 11.5 Å². The minimum atomic E-state index is -1.51. The van der Waals surface area contributed by atoms with Gasteiger partial charge in [-0.1, -0.05) is 24.4 Å². The second-order valence-corrected chi connectivity index (χ2v) is 7.34. The van der Waals surface area contributed by atoms with Gasteiger partial charge in [0.1, 0.15) is 12.5 Å². The predicted molar refractivity (Wildman–Crippen MR) is 111 cm³/mol. The summed E-state index contributed by atoms with van der Waals surface area (Å²) in [5.74, 6) is 0.645. The Morgan fingerprint density at radius 3 is 2.90 bits per heavy atom. The van der Waals surface area contributed by atoms with Crippen LogP contribution in [-0.2, 0) is 26.9 Å². The number of rotatable bonds is 7. The van der Waals surface area contributed by atoms with Crippen molar-refractivity contribution in [1.82, 2.24) is 9.55 Å². The molecule has 0 spiro atoms. The fourth-order valence-electron chi connectivity index (χ4n) is 2.31. The Balaban J connectivity index is 0.000000214. The van der Waals surface area contributed by atoms with E-state index in [0.717, 1.165) is 11.8 Å². The molecule has 3 rings (SSSR count). The van der Waals surface area contributed by atoms with Crippen LogP contribution in [0.15, 0.2) is 29.2 Å². The van der Waals surface area contributed by atoms with Gasteiger partial charge < -0.3 is 19.1 Å². The zero-order valence-corrected chi connectivity index (χ0v) is 18.1. The molecule has 1 unspecified atom stereocenters. The predicted octanol–water partition coefficient (Wildman–Crippen LogP) is 2.37. The van der Waals surface area contributed by atoms with Crippen molar-refractivity contribution >= 4 is 28.7 Å². The van der Waals surface area contributed by atoms with Gasteiger partial charge in [-0.3, -0.25) is 18.6 Å². The zero-order chi connectivity index (χ0) is 22.1. The molecule has 2 heterocycles. The van der Waals surface area contributed by atoms with Crippen LogP contribution in [0.4, 0.5) is 4.39 Å². The maximum Gasteiger partial charge on any atom is 0.399 e. The Labute approximate surface area is 180 Å². The summed E-state index contributed by atoms with van der Waals surface area (Å²) in [6, 6.07) is 5.09. The smallest absolute Gasteiger partial charge is 0.399 e. The third kappa shape index (κ3) is 6.87. The van der Waals surface area contributed by atoms with Gasteiger partial charge in [0.25, 0.3) is 0 Å². The summed E-state index contributed by atoms with van der Waals surface area (Å²) in [6.45, 7) is 0.255. The van der Waals surface area contributed by atoms with Gasteiger partial charge in [0.05, 0.1) is 13.7 Å². The van der Waals surface area contributed by atoms with Crippen molar-refractivity contribution in [3.63, 3.8) is 0 Å². The molecule has 2 atom stereocenters. The molecule has 30 heavy (non-hydrogen) atoms. The van der Waals surface area contributed by atoms with E-state index in [1.54, 1.807) is 13.2 Å². The first-order chi connectivity index (χ1) is 14.4. The highest BCUT2D eigenvalue weighted by Crippen LogP contribution is 2.50. The van der Waals surface area contributed by atoms with E-state index in [1.807, 2.05) is 12.1 Å². The van der Waals surface area contributed by atoms with Crippen LogP contribution in [0.3, 0.4) is 0 Å². The van der Waals surface area contributed by atoms with Gasteiger partial charge in [-0.15, -0.1) is 0 Å². The molecule has 0 aliphatic carbocycles. The highest BCUT2D eigenvalue weighted by atomic mass is 32.1. The molecule has 2 N–H and O–H groups in total. The standard InChI is InChI=1S/C9H11O5P.C8H10BFN2O2S/c1-11-8-4-2-3-7-5-12-15(13-6-10)14-9(7)8;1-14-6(9)2-3-12-4-5(10)7(15)11-8(12)13/h2-4,10H,5-6H2,1H3;4,6H,2-3H2,1H3,(H,11,13,15)/t;6-/m.0/s1. The number of ether oxygens (including phenoxy) is 2. The van der Waals surface area contributed by atoms with E-state index in [2.05, 4.69) is 17.2 Å². The number of aromatic nitrogens is 2. The summed E-state index contributed by atoms with van der Waals surface area (Å²) >= 11 is 4.57. The lowest BCUT2D eigenvalue weighted by Gasteiger charge is -2.24. The van der Waals surface area contributed by atoms with Crippen molar-refractivity contribution in [2.45, 2.75) is 25.6 Å². The number of methoxy groups -OCH3 is 2. The number of nitrogens with one attached hydrogen (secondary N) is 1. The first-order valence-corrected chi connectivity index (χ1v) is 10.2. The summed E-state index contributed by atoms with van der Waals surface area (Å²) in [7, 11) is 7.00. The first-order valence-electron chi connectivity index (χ1n) is 8.67. The molecule has 1 aliphatic heterocycles. The van der Waals surface area contributed by atoms with E-state index < -0.39 is 32.9 Å². The number of hydrogen-bond donors (Lipinski definition) is 2. The molecule has 0 amide bonds. The van der Waals surface area contributed by atoms with Crippen molar-refractivity contribution in [2.24, 2.45) is 0 Å². The quantitative estimate of drug-likeness (QED) is 0.282. The average molecular weight is 458 g/mol. The van der Waals surface area contributed by atoms with Crippen molar-refractivity contribution in [1.29, 1.82) is 0 Å². The van der Waals surface area contributed by atoms with Gasteiger partial charge in [-0.25, -0.2) is 9.18 Å². The molecule has 0 bridgehead atoms. The molecule has 162 valence electrons. The van der Waals surface area contributed by atoms with Crippen LogP contribution in [0.2, 0.25) is 0 Å². The van der Waals surface area contributed by atoms with Gasteiger partial charge in [0, 0.05) is 31.4 Å². The normalized spacial score (nSPS) is 15.9. The Hall–Kier alpha value is -1.82. The molecule has 0 saturated heterocycles. The number of aryl methyl sites for hydroxylation is 1. The molecular weight excluding hydrogens is 437 g/mol. The molecule has 2 radical (unpaired) electrons. The van der Waals surface area contributed by atoms with E-state index in [-0.39, 0.29) is 11.2 Å². The van der Waals surface area contributed by atoms with Crippen LogP contribution in [0.5, 0.6) is 11.5 Å². The minimum Gasteiger partial charge on any atom is -0.493 e. The fourth-order valence-corrected chi connectivity index (χ4v) is 3.32. The second kappa shape index (κ2) is 12.1. The number of para-hydroxylation sites is 1. The topological polar surface area (TPSA) is 104 Å². The van der Waals surface area contributed by atoms with Gasteiger partial charge >= 0.3 is 14.3 Å². The summed E-state index contributed by atoms with van der Waals surface area (Å²) in [4.78, 5) is 13.5. The number of aliphatic hydroxyl groups excluding tert-OH is 1. The molecule has 2 aromatic rings. The molecule has 0 saturated carbocycles. The van der Waals surface area contributed by atoms with Gasteiger partial charge in [-0.2, -0.15) is 0 Å². The average Bonchev–Trinajstić information content (AvgIpc) is 2.75. The number of benzene rings is 1. The lowest BCUT2D eigenvalue weighted by molar-refractivity contribution is 0.0701. The molecule has 0 fully saturated rings. The largest absolute Gasteiger partial charge is 0.493 e. The van der Waals surface area contributed by atoms with Crippen LogP contribution < -0.4 is 15.0 Å². The Morgan fingerprint density at radius 2 is 2.23 bits per heavy atom. The number of halogens is 1. The molecule has 1 aromatic carbocycles. The van der Waals surface area contributed by atoms with E-state index in [4.69, 9.17) is 36.0 Å². The molecule has 13 heteroatoms. The zero-order valence-electron chi connectivity index (χ0n) is 16.4. The third-order valence-electron chi connectivity index (χ3n) is 3.86. The minimum absolute atomic E-state index is 0.188. The highest BCUT2D eigenvalue weighted by Gasteiger charge is 2.25. The SMILES string of the molecule is COc1cccc2c1OP(OCO)OC2.[B][C@H](CCn1cc(F)c(=S)[nH]c1=O)OC. The van der Waals surface area contributed by atoms with Crippen LogP contribution >= 0.6 is 20.8 Å². The summed E-state index contributed by atoms with van der Waals surface area (Å²) in [5.41, 5.74) is 0.458. The Morgan fingerprint density at radius 1 is 1.47 bits per heavy atom. The van der Waals surface area contributed by atoms with Crippen molar-refractivity contribution in [2.75, 3.05) is 21.0 Å². The maximum atomic E-state index is 13.0. The number of nitrogens with zero attached hydrogens (tertiary/aromatic N) is 1. The van der Waals surface area contributed by atoms with Crippen LogP contribution in [0.1, 0.15) is 12.0 Å². The molecular formula is C17H21BFN2O7PS. The third-order valence-corrected chi connectivity index (χ3v) is 5.15. The molecule has 1 aliphatic rings. The molecule has 9 nitrogen and oxygen atoms in total. The number of hydrogen-bond acceptors (Lipinski definition) is 8. The number of fused-ring (bicyclic) bond motifs is 1.